The Morgan fingerprint density at radius 1 is 1.37 bits per heavy atom. The molecule has 0 aromatic rings. The Hall–Kier alpha value is -0.730. The first-order valence-electron chi connectivity index (χ1n) is 7.30. The second kappa shape index (κ2) is 7.16. The normalized spacial score (nSPS) is 26.7. The lowest BCUT2D eigenvalue weighted by Crippen LogP contribution is -2.53. The fraction of sp³-hybridized carbons (Fsp3) is 0.857. The van der Waals surface area contributed by atoms with Crippen molar-refractivity contribution in [3.05, 3.63) is 0 Å². The zero-order valence-corrected chi connectivity index (χ0v) is 12.5. The lowest BCUT2D eigenvalue weighted by molar-refractivity contribution is -0.132. The number of amides is 1. The number of piperazine rings is 1. The highest BCUT2D eigenvalue weighted by Gasteiger charge is 2.30. The van der Waals surface area contributed by atoms with Gasteiger partial charge in [0, 0.05) is 26.2 Å². The molecule has 106 valence electrons. The molecule has 2 saturated heterocycles. The van der Waals surface area contributed by atoms with E-state index in [9.17, 15) is 4.79 Å². The molecular formula is C14H23N3OS. The first-order valence-corrected chi connectivity index (χ1v) is 8.35. The summed E-state index contributed by atoms with van der Waals surface area (Å²) in [6, 6.07) is 2.36. The summed E-state index contributed by atoms with van der Waals surface area (Å²) in [7, 11) is 0. The molecule has 2 aliphatic rings. The average molecular weight is 281 g/mol. The summed E-state index contributed by atoms with van der Waals surface area (Å²) < 4.78 is 0. The zero-order chi connectivity index (χ0) is 13.7. The van der Waals surface area contributed by atoms with Crippen LogP contribution in [0, 0.1) is 11.3 Å². The van der Waals surface area contributed by atoms with Gasteiger partial charge in [0.1, 0.15) is 0 Å². The number of hydrogen-bond acceptors (Lipinski definition) is 4. The van der Waals surface area contributed by atoms with E-state index in [0.29, 0.717) is 5.91 Å². The number of carbonyl (C=O) groups excluding carboxylic acids is 1. The number of nitriles is 1. The van der Waals surface area contributed by atoms with Gasteiger partial charge >= 0.3 is 0 Å². The van der Waals surface area contributed by atoms with Crippen molar-refractivity contribution >= 4 is 17.7 Å². The highest BCUT2D eigenvalue weighted by molar-refractivity contribution is 8.00. The standard InChI is InChI=1S/C14H23N3OS/c1-2-12(11-15)16-6-8-17(9-7-16)14(18)13-5-3-4-10-19-13/h12-13H,2-10H2,1H3. The average Bonchev–Trinajstić information content (AvgIpc) is 2.49. The van der Waals surface area contributed by atoms with Crippen LogP contribution in [0.1, 0.15) is 32.6 Å². The first kappa shape index (κ1) is 14.7. The topological polar surface area (TPSA) is 47.3 Å². The van der Waals surface area contributed by atoms with E-state index in [0.717, 1.165) is 44.8 Å². The summed E-state index contributed by atoms with van der Waals surface area (Å²) in [5.41, 5.74) is 0. The molecule has 2 atom stereocenters. The van der Waals surface area contributed by atoms with E-state index in [4.69, 9.17) is 5.26 Å². The molecule has 1 amide bonds. The summed E-state index contributed by atoms with van der Waals surface area (Å²) >= 11 is 1.82. The van der Waals surface area contributed by atoms with Crippen molar-refractivity contribution in [2.75, 3.05) is 31.9 Å². The molecule has 2 aliphatic heterocycles. The monoisotopic (exact) mass is 281 g/mol. The fourth-order valence-corrected chi connectivity index (χ4v) is 4.10. The summed E-state index contributed by atoms with van der Waals surface area (Å²) in [6.45, 7) is 5.30. The van der Waals surface area contributed by atoms with E-state index in [2.05, 4.69) is 11.0 Å². The van der Waals surface area contributed by atoms with Crippen LogP contribution in [0.2, 0.25) is 0 Å². The van der Waals surface area contributed by atoms with Crippen molar-refractivity contribution < 1.29 is 4.79 Å². The lowest BCUT2D eigenvalue weighted by atomic mass is 10.1. The van der Waals surface area contributed by atoms with Crippen molar-refractivity contribution in [1.29, 1.82) is 5.26 Å². The van der Waals surface area contributed by atoms with Crippen LogP contribution >= 0.6 is 11.8 Å². The number of hydrogen-bond donors (Lipinski definition) is 0. The molecule has 0 bridgehead atoms. The van der Waals surface area contributed by atoms with Gasteiger partial charge in [0.25, 0.3) is 0 Å². The van der Waals surface area contributed by atoms with Gasteiger partial charge in [-0.3, -0.25) is 9.69 Å². The molecule has 2 heterocycles. The van der Waals surface area contributed by atoms with Gasteiger partial charge in [-0.1, -0.05) is 13.3 Å². The molecule has 4 nitrogen and oxygen atoms in total. The third kappa shape index (κ3) is 3.64. The third-order valence-corrected chi connectivity index (χ3v) is 5.42. The molecule has 0 aromatic carbocycles. The van der Waals surface area contributed by atoms with Crippen LogP contribution in [0.3, 0.4) is 0 Å². The molecule has 19 heavy (non-hydrogen) atoms. The summed E-state index contributed by atoms with van der Waals surface area (Å²) in [4.78, 5) is 16.6. The molecule has 0 spiro atoms. The maximum absolute atomic E-state index is 12.4. The number of nitrogens with zero attached hydrogens (tertiary/aromatic N) is 3. The van der Waals surface area contributed by atoms with Gasteiger partial charge in [0.2, 0.25) is 5.91 Å². The smallest absolute Gasteiger partial charge is 0.235 e. The van der Waals surface area contributed by atoms with E-state index >= 15 is 0 Å². The van der Waals surface area contributed by atoms with Crippen LogP contribution in [-0.2, 0) is 4.79 Å². The SMILES string of the molecule is CCC(C#N)N1CCN(C(=O)C2CCCCS2)CC1. The van der Waals surface area contributed by atoms with Gasteiger partial charge in [-0.05, 0) is 25.0 Å². The van der Waals surface area contributed by atoms with Gasteiger partial charge in [-0.15, -0.1) is 11.8 Å². The number of thioether (sulfide) groups is 1. The maximum Gasteiger partial charge on any atom is 0.235 e. The molecule has 2 rings (SSSR count). The molecule has 2 fully saturated rings. The largest absolute Gasteiger partial charge is 0.339 e. The van der Waals surface area contributed by atoms with Crippen LogP contribution < -0.4 is 0 Å². The molecule has 0 aliphatic carbocycles. The Morgan fingerprint density at radius 3 is 2.63 bits per heavy atom. The first-order chi connectivity index (χ1) is 9.26. The summed E-state index contributed by atoms with van der Waals surface area (Å²) in [5, 5.41) is 9.27. The van der Waals surface area contributed by atoms with Crippen molar-refractivity contribution in [2.24, 2.45) is 0 Å². The van der Waals surface area contributed by atoms with Crippen LogP contribution in [0.5, 0.6) is 0 Å². The van der Waals surface area contributed by atoms with Crippen LogP contribution in [0.4, 0.5) is 0 Å². The molecular weight excluding hydrogens is 258 g/mol. The predicted octanol–water partition coefficient (Wildman–Crippen LogP) is 1.72. The highest BCUT2D eigenvalue weighted by atomic mass is 32.2. The van der Waals surface area contributed by atoms with E-state index in [1.165, 1.54) is 12.8 Å². The minimum Gasteiger partial charge on any atom is -0.339 e. The second-order valence-corrected chi connectivity index (χ2v) is 6.58. The third-order valence-electron chi connectivity index (χ3n) is 4.06. The molecule has 0 aromatic heterocycles. The number of carbonyl (C=O) groups is 1. The van der Waals surface area contributed by atoms with Gasteiger partial charge in [0.05, 0.1) is 17.4 Å². The van der Waals surface area contributed by atoms with Gasteiger partial charge in [-0.25, -0.2) is 0 Å². The lowest BCUT2D eigenvalue weighted by Gasteiger charge is -2.38. The van der Waals surface area contributed by atoms with Gasteiger partial charge in [0.15, 0.2) is 0 Å². The molecule has 0 N–H and O–H groups in total. The van der Waals surface area contributed by atoms with E-state index in [1.54, 1.807) is 0 Å². The van der Waals surface area contributed by atoms with Crippen molar-refractivity contribution in [1.82, 2.24) is 9.80 Å². The fourth-order valence-electron chi connectivity index (χ4n) is 2.82. The van der Waals surface area contributed by atoms with Crippen molar-refractivity contribution in [3.63, 3.8) is 0 Å². The molecule has 0 radical (unpaired) electrons. The van der Waals surface area contributed by atoms with Crippen molar-refractivity contribution in [2.45, 2.75) is 43.9 Å². The highest BCUT2D eigenvalue weighted by Crippen LogP contribution is 2.27. The van der Waals surface area contributed by atoms with Crippen LogP contribution in [0.25, 0.3) is 0 Å². The Balaban J connectivity index is 1.82. The Kier molecular flexibility index (Phi) is 5.53. The predicted molar refractivity (Wildman–Crippen MR) is 77.9 cm³/mol. The van der Waals surface area contributed by atoms with E-state index < -0.39 is 0 Å². The quantitative estimate of drug-likeness (QED) is 0.790. The minimum absolute atomic E-state index is 0.0151. The molecule has 2 unspecified atom stereocenters. The second-order valence-electron chi connectivity index (χ2n) is 5.27. The van der Waals surface area contributed by atoms with Crippen LogP contribution in [-0.4, -0.2) is 58.9 Å². The van der Waals surface area contributed by atoms with Gasteiger partial charge in [-0.2, -0.15) is 5.26 Å². The molecule has 5 heteroatoms. The van der Waals surface area contributed by atoms with E-state index in [-0.39, 0.29) is 11.3 Å². The zero-order valence-electron chi connectivity index (χ0n) is 11.7. The van der Waals surface area contributed by atoms with Gasteiger partial charge < -0.3 is 4.90 Å². The van der Waals surface area contributed by atoms with Crippen LogP contribution in [0.15, 0.2) is 0 Å². The van der Waals surface area contributed by atoms with Crippen molar-refractivity contribution in [3.8, 4) is 6.07 Å². The maximum atomic E-state index is 12.4. The minimum atomic E-state index is 0.0151. The summed E-state index contributed by atoms with van der Waals surface area (Å²) in [6.07, 6.45) is 4.35. The Labute approximate surface area is 120 Å². The number of rotatable bonds is 3. The Bertz CT molecular complexity index is 341. The Morgan fingerprint density at radius 2 is 2.11 bits per heavy atom. The van der Waals surface area contributed by atoms with E-state index in [1.807, 2.05) is 23.6 Å². The summed E-state index contributed by atoms with van der Waals surface area (Å²) in [5.74, 6) is 1.46. The molecule has 0 saturated carbocycles.